The van der Waals surface area contributed by atoms with Gasteiger partial charge in [0.15, 0.2) is 5.60 Å². The topological polar surface area (TPSA) is 49.9 Å². The highest BCUT2D eigenvalue weighted by Crippen LogP contribution is 2.49. The summed E-state index contributed by atoms with van der Waals surface area (Å²) in [7, 11) is 0. The molecule has 5 nitrogen and oxygen atoms in total. The van der Waals surface area contributed by atoms with E-state index in [4.69, 9.17) is 4.74 Å². The molecule has 0 saturated carbocycles. The Labute approximate surface area is 179 Å². The van der Waals surface area contributed by atoms with E-state index in [1.54, 1.807) is 21.9 Å². The molecule has 2 amide bonds. The Hall–Kier alpha value is -2.80. The van der Waals surface area contributed by atoms with Gasteiger partial charge in [0, 0.05) is 37.1 Å². The van der Waals surface area contributed by atoms with Crippen LogP contribution in [0.1, 0.15) is 48.1 Å². The molecule has 0 aromatic heterocycles. The Morgan fingerprint density at radius 3 is 2.48 bits per heavy atom. The van der Waals surface area contributed by atoms with Crippen LogP contribution in [0.5, 0.6) is 0 Å². The number of benzene rings is 2. The summed E-state index contributed by atoms with van der Waals surface area (Å²) in [6, 6.07) is 12.1. The Bertz CT molecular complexity index is 1010. The van der Waals surface area contributed by atoms with Crippen molar-refractivity contribution in [3.05, 3.63) is 71.3 Å². The van der Waals surface area contributed by atoms with Crippen LogP contribution >= 0.6 is 0 Å². The molecule has 0 radical (unpaired) electrons. The van der Waals surface area contributed by atoms with Gasteiger partial charge in [0.25, 0.3) is 11.8 Å². The first kappa shape index (κ1) is 20.1. The van der Waals surface area contributed by atoms with Crippen LogP contribution in [-0.2, 0) is 9.53 Å². The second kappa shape index (κ2) is 7.41. The molecular weight excluding hydrogens is 402 g/mol. The monoisotopic (exact) mass is 426 g/mol. The van der Waals surface area contributed by atoms with Crippen LogP contribution in [0.25, 0.3) is 0 Å². The highest BCUT2D eigenvalue weighted by molar-refractivity contribution is 5.95. The fourth-order valence-electron chi connectivity index (χ4n) is 5.33. The molecule has 3 fully saturated rings. The summed E-state index contributed by atoms with van der Waals surface area (Å²) in [5, 5.41) is 0. The van der Waals surface area contributed by atoms with Crippen molar-refractivity contribution in [2.24, 2.45) is 5.92 Å². The van der Waals surface area contributed by atoms with Crippen LogP contribution in [0.15, 0.2) is 48.5 Å². The van der Waals surface area contributed by atoms with E-state index in [2.05, 4.69) is 0 Å². The molecule has 0 bridgehead atoms. The zero-order chi connectivity index (χ0) is 21.8. The number of fused-ring (bicyclic) bond motifs is 1. The summed E-state index contributed by atoms with van der Waals surface area (Å²) < 4.78 is 33.9. The molecule has 5 rings (SSSR count). The van der Waals surface area contributed by atoms with E-state index in [1.165, 1.54) is 12.1 Å². The predicted molar refractivity (Wildman–Crippen MR) is 109 cm³/mol. The largest absolute Gasteiger partial charge is 0.342 e. The van der Waals surface area contributed by atoms with Gasteiger partial charge in [-0.15, -0.1) is 0 Å². The summed E-state index contributed by atoms with van der Waals surface area (Å²) in [6.07, 6.45) is 1.23. The summed E-state index contributed by atoms with van der Waals surface area (Å²) in [6.45, 7) is 2.77. The summed E-state index contributed by atoms with van der Waals surface area (Å²) in [5.41, 5.74) is 0.0827. The fourth-order valence-corrected chi connectivity index (χ4v) is 5.33. The third kappa shape index (κ3) is 3.22. The number of hydrogen-bond acceptors (Lipinski definition) is 3. The number of ether oxygens (including phenoxy) is 1. The van der Waals surface area contributed by atoms with Crippen molar-refractivity contribution in [1.82, 2.24) is 9.80 Å². The lowest BCUT2D eigenvalue weighted by Crippen LogP contribution is -2.57. The van der Waals surface area contributed by atoms with E-state index < -0.39 is 29.5 Å². The average Bonchev–Trinajstić information content (AvgIpc) is 3.28. The molecule has 162 valence electrons. The van der Waals surface area contributed by atoms with Crippen LogP contribution in [-0.4, -0.2) is 46.5 Å². The Morgan fingerprint density at radius 2 is 1.81 bits per heavy atom. The highest BCUT2D eigenvalue weighted by Gasteiger charge is 2.61. The predicted octanol–water partition coefficient (Wildman–Crippen LogP) is 3.91. The standard InChI is InChI=1S/C24H24F2N2O3/c1-15-14-27(22(29)16-5-3-2-4-6-16)10-9-24(15)23(30)28-20(7-8-21(28)31-24)17-11-18(25)13-19(26)12-17/h2-6,11-13,15,20-21H,7-10,14H2,1H3. The van der Waals surface area contributed by atoms with Gasteiger partial charge in [-0.25, -0.2) is 8.78 Å². The van der Waals surface area contributed by atoms with E-state index >= 15 is 0 Å². The number of carbonyl (C=O) groups excluding carboxylic acids is 2. The van der Waals surface area contributed by atoms with Gasteiger partial charge < -0.3 is 14.5 Å². The van der Waals surface area contributed by atoms with Gasteiger partial charge in [0.2, 0.25) is 0 Å². The lowest BCUT2D eigenvalue weighted by molar-refractivity contribution is -0.150. The van der Waals surface area contributed by atoms with Crippen molar-refractivity contribution < 1.29 is 23.1 Å². The molecule has 2 aromatic rings. The van der Waals surface area contributed by atoms with Crippen molar-refractivity contribution in [2.75, 3.05) is 13.1 Å². The van der Waals surface area contributed by atoms with Gasteiger partial charge in [-0.1, -0.05) is 25.1 Å². The van der Waals surface area contributed by atoms with E-state index in [0.717, 1.165) is 6.07 Å². The molecule has 0 N–H and O–H groups in total. The first-order valence-electron chi connectivity index (χ1n) is 10.7. The third-order valence-electron chi connectivity index (χ3n) is 6.90. The SMILES string of the molecule is CC1CN(C(=O)c2ccccc2)CCC12OC1CCC(c3cc(F)cc(F)c3)N1C2=O. The van der Waals surface area contributed by atoms with Gasteiger partial charge in [0.1, 0.15) is 17.9 Å². The van der Waals surface area contributed by atoms with Gasteiger partial charge >= 0.3 is 0 Å². The molecule has 3 heterocycles. The van der Waals surface area contributed by atoms with E-state index in [9.17, 15) is 18.4 Å². The minimum absolute atomic E-state index is 0.0543. The second-order valence-electron chi connectivity index (χ2n) is 8.74. The summed E-state index contributed by atoms with van der Waals surface area (Å²) in [5.74, 6) is -1.69. The van der Waals surface area contributed by atoms with Gasteiger partial charge in [-0.2, -0.15) is 0 Å². The number of halogens is 2. The number of rotatable bonds is 2. The lowest BCUT2D eigenvalue weighted by atomic mass is 9.80. The molecule has 3 saturated heterocycles. The molecule has 4 unspecified atom stereocenters. The van der Waals surface area contributed by atoms with Crippen molar-refractivity contribution in [2.45, 2.75) is 44.1 Å². The average molecular weight is 426 g/mol. The van der Waals surface area contributed by atoms with E-state index in [1.807, 2.05) is 25.1 Å². The highest BCUT2D eigenvalue weighted by atomic mass is 19.1. The summed E-state index contributed by atoms with van der Waals surface area (Å²) in [4.78, 5) is 29.9. The molecule has 3 aliphatic heterocycles. The van der Waals surface area contributed by atoms with Crippen molar-refractivity contribution in [3.8, 4) is 0 Å². The number of hydrogen-bond donors (Lipinski definition) is 0. The fraction of sp³-hybridized carbons (Fsp3) is 0.417. The molecule has 1 spiro atoms. The normalized spacial score (nSPS) is 30.2. The molecule has 3 aliphatic rings. The molecule has 7 heteroatoms. The van der Waals surface area contributed by atoms with Crippen LogP contribution in [0.2, 0.25) is 0 Å². The van der Waals surface area contributed by atoms with Crippen LogP contribution in [0.4, 0.5) is 8.78 Å². The van der Waals surface area contributed by atoms with E-state index in [0.29, 0.717) is 43.5 Å². The quantitative estimate of drug-likeness (QED) is 0.732. The molecule has 4 atom stereocenters. The minimum Gasteiger partial charge on any atom is -0.342 e. The van der Waals surface area contributed by atoms with Crippen molar-refractivity contribution >= 4 is 11.8 Å². The first-order chi connectivity index (χ1) is 14.9. The summed E-state index contributed by atoms with van der Waals surface area (Å²) >= 11 is 0. The number of nitrogens with zero attached hydrogens (tertiary/aromatic N) is 2. The maximum atomic E-state index is 13.8. The maximum absolute atomic E-state index is 13.8. The maximum Gasteiger partial charge on any atom is 0.257 e. The molecular formula is C24H24F2N2O3. The van der Waals surface area contributed by atoms with Crippen LogP contribution < -0.4 is 0 Å². The number of piperidine rings is 1. The minimum atomic E-state index is -0.997. The zero-order valence-electron chi connectivity index (χ0n) is 17.3. The van der Waals surface area contributed by atoms with Crippen LogP contribution in [0, 0.1) is 17.6 Å². The van der Waals surface area contributed by atoms with Crippen molar-refractivity contribution in [1.29, 1.82) is 0 Å². The Kier molecular flexibility index (Phi) is 4.81. The molecule has 0 aliphatic carbocycles. The molecule has 2 aromatic carbocycles. The van der Waals surface area contributed by atoms with Crippen molar-refractivity contribution in [3.63, 3.8) is 0 Å². The molecule has 31 heavy (non-hydrogen) atoms. The van der Waals surface area contributed by atoms with Gasteiger partial charge in [-0.05, 0) is 42.7 Å². The lowest BCUT2D eigenvalue weighted by Gasteiger charge is -2.42. The van der Waals surface area contributed by atoms with Crippen LogP contribution in [0.3, 0.4) is 0 Å². The van der Waals surface area contributed by atoms with Gasteiger partial charge in [0.05, 0.1) is 6.04 Å². The van der Waals surface area contributed by atoms with Gasteiger partial charge in [-0.3, -0.25) is 9.59 Å². The number of likely N-dealkylation sites (tertiary alicyclic amines) is 1. The smallest absolute Gasteiger partial charge is 0.257 e. The Balaban J connectivity index is 1.36. The number of amides is 2. The van der Waals surface area contributed by atoms with E-state index in [-0.39, 0.29) is 17.7 Å². The number of carbonyl (C=O) groups is 2. The first-order valence-corrected chi connectivity index (χ1v) is 10.7. The third-order valence-corrected chi connectivity index (χ3v) is 6.90. The Morgan fingerprint density at radius 1 is 1.10 bits per heavy atom. The second-order valence-corrected chi connectivity index (χ2v) is 8.74. The zero-order valence-corrected chi connectivity index (χ0v) is 17.3.